The molecule has 0 unspecified atom stereocenters. The Kier molecular flexibility index (Phi) is 7.00. The van der Waals surface area contributed by atoms with Crippen LogP contribution in [0.3, 0.4) is 0 Å². The van der Waals surface area contributed by atoms with E-state index in [1.807, 2.05) is 47.7 Å². The van der Waals surface area contributed by atoms with Gasteiger partial charge >= 0.3 is 0 Å². The highest BCUT2D eigenvalue weighted by Crippen LogP contribution is 2.46. The summed E-state index contributed by atoms with van der Waals surface area (Å²) in [5, 5.41) is 7.33. The molecule has 0 saturated heterocycles. The van der Waals surface area contributed by atoms with E-state index in [2.05, 4.69) is 140 Å². The van der Waals surface area contributed by atoms with Gasteiger partial charge in [0, 0.05) is 36.9 Å². The molecule has 0 fully saturated rings. The fourth-order valence-corrected chi connectivity index (χ4v) is 8.51. The molecule has 0 atom stereocenters. The highest BCUT2D eigenvalue weighted by molar-refractivity contribution is 7.26. The first-order chi connectivity index (χ1) is 25.3. The van der Waals surface area contributed by atoms with Crippen molar-refractivity contribution in [2.75, 3.05) is 0 Å². The molecule has 0 amide bonds. The maximum atomic E-state index is 5.15. The number of nitrogens with zero attached hydrogens (tertiary/aromatic N) is 3. The van der Waals surface area contributed by atoms with Crippen LogP contribution in [0.5, 0.6) is 0 Å². The first-order valence-corrected chi connectivity index (χ1v) is 17.9. The molecular weight excluding hydrogens is 639 g/mol. The molecule has 8 aromatic carbocycles. The Morgan fingerprint density at radius 2 is 0.863 bits per heavy atom. The highest BCUT2D eigenvalue weighted by atomic mass is 32.1. The van der Waals surface area contributed by atoms with Gasteiger partial charge in [0.15, 0.2) is 17.5 Å². The molecule has 0 aliphatic heterocycles. The highest BCUT2D eigenvalue weighted by Gasteiger charge is 2.20. The van der Waals surface area contributed by atoms with Crippen molar-refractivity contribution in [3.63, 3.8) is 0 Å². The normalized spacial score (nSPS) is 11.5. The molecule has 10 rings (SSSR count). The van der Waals surface area contributed by atoms with Crippen LogP contribution in [-0.4, -0.2) is 15.0 Å². The number of hydrogen-bond donors (Lipinski definition) is 0. The fourth-order valence-electron chi connectivity index (χ4n) is 7.21. The average Bonchev–Trinajstić information content (AvgIpc) is 3.58. The largest absolute Gasteiger partial charge is 0.208 e. The molecule has 4 heteroatoms. The van der Waals surface area contributed by atoms with Crippen molar-refractivity contribution in [1.29, 1.82) is 0 Å². The van der Waals surface area contributed by atoms with Crippen LogP contribution in [0.15, 0.2) is 176 Å². The second kappa shape index (κ2) is 12.1. The molecule has 0 bridgehead atoms. The van der Waals surface area contributed by atoms with Gasteiger partial charge in [-0.1, -0.05) is 158 Å². The molecule has 0 spiro atoms. The van der Waals surface area contributed by atoms with Crippen LogP contribution < -0.4 is 0 Å². The van der Waals surface area contributed by atoms with Crippen molar-refractivity contribution in [2.24, 2.45) is 0 Å². The fraction of sp³-hybridized carbons (Fsp3) is 0. The molecule has 0 aliphatic carbocycles. The van der Waals surface area contributed by atoms with E-state index in [4.69, 9.17) is 15.0 Å². The maximum Gasteiger partial charge on any atom is 0.164 e. The minimum absolute atomic E-state index is 0.658. The van der Waals surface area contributed by atoms with E-state index in [1.54, 1.807) is 0 Å². The summed E-state index contributed by atoms with van der Waals surface area (Å²) in [6.45, 7) is 0. The molecule has 3 nitrogen and oxygen atoms in total. The third-order valence-corrected chi connectivity index (χ3v) is 10.9. The Hall–Kier alpha value is -6.49. The minimum Gasteiger partial charge on any atom is -0.208 e. The summed E-state index contributed by atoms with van der Waals surface area (Å²) in [7, 11) is 0. The number of thiophene rings is 1. The van der Waals surface area contributed by atoms with E-state index in [1.165, 1.54) is 64.0 Å². The summed E-state index contributed by atoms with van der Waals surface area (Å²) in [5.41, 5.74) is 7.74. The lowest BCUT2D eigenvalue weighted by atomic mass is 9.94. The smallest absolute Gasteiger partial charge is 0.164 e. The zero-order chi connectivity index (χ0) is 33.7. The van der Waals surface area contributed by atoms with Gasteiger partial charge in [-0.15, -0.1) is 11.3 Å². The van der Waals surface area contributed by atoms with Crippen molar-refractivity contribution in [2.45, 2.75) is 0 Å². The quantitative estimate of drug-likeness (QED) is 0.183. The van der Waals surface area contributed by atoms with Crippen LogP contribution >= 0.6 is 11.3 Å². The summed E-state index contributed by atoms with van der Waals surface area (Å²) < 4.78 is 2.46. The molecule has 2 aromatic heterocycles. The van der Waals surface area contributed by atoms with E-state index < -0.39 is 0 Å². The zero-order valence-corrected chi connectivity index (χ0v) is 28.3. The minimum atomic E-state index is 0.658. The van der Waals surface area contributed by atoms with Gasteiger partial charge in [0.05, 0.1) is 0 Å². The van der Waals surface area contributed by atoms with Gasteiger partial charge in [-0.2, -0.15) is 0 Å². The molecule has 0 aliphatic rings. The molecular formula is C47H29N3S. The van der Waals surface area contributed by atoms with Crippen LogP contribution in [0.25, 0.3) is 98.1 Å². The summed E-state index contributed by atoms with van der Waals surface area (Å²) in [5.74, 6) is 1.98. The Morgan fingerprint density at radius 3 is 1.55 bits per heavy atom. The maximum absolute atomic E-state index is 5.15. The second-order valence-electron chi connectivity index (χ2n) is 12.8. The monoisotopic (exact) mass is 667 g/mol. The topological polar surface area (TPSA) is 38.7 Å². The van der Waals surface area contributed by atoms with Gasteiger partial charge < -0.3 is 0 Å². The average molecular weight is 668 g/mol. The number of rotatable bonds is 5. The van der Waals surface area contributed by atoms with Gasteiger partial charge in [0.1, 0.15) is 0 Å². The third kappa shape index (κ3) is 5.16. The SMILES string of the molecule is c1ccc(-c2nc(-c3ccccc3)nc(-c3ccc(-c4ccc(-c5cccc6ccccc56)cc4)c4sc5cc6ccccc6cc5c34)n2)cc1. The Bertz CT molecular complexity index is 2830. The Balaban J connectivity index is 1.20. The standard InChI is InChI=1S/C47H29N3S/c1-3-13-33(14-4-1)45-48-46(34-15-5-2-6-16-34)50-47(49-45)40-27-26-39(44-43(40)41-28-35-17-7-8-18-36(35)29-42(41)51-44)32-24-22-31(23-25-32)38-21-11-19-30-12-9-10-20-37(30)38/h1-29H. The van der Waals surface area contributed by atoms with Crippen molar-refractivity contribution in [1.82, 2.24) is 15.0 Å². The summed E-state index contributed by atoms with van der Waals surface area (Å²) >= 11 is 1.84. The summed E-state index contributed by atoms with van der Waals surface area (Å²) in [6, 6.07) is 62.2. The van der Waals surface area contributed by atoms with Gasteiger partial charge in [-0.25, -0.2) is 15.0 Å². The van der Waals surface area contributed by atoms with Crippen molar-refractivity contribution < 1.29 is 0 Å². The molecule has 0 radical (unpaired) electrons. The molecule has 0 N–H and O–H groups in total. The first kappa shape index (κ1) is 29.4. The van der Waals surface area contributed by atoms with Crippen molar-refractivity contribution >= 4 is 53.1 Å². The Labute approximate surface area is 299 Å². The van der Waals surface area contributed by atoms with Gasteiger partial charge in [-0.05, 0) is 62.0 Å². The molecule has 51 heavy (non-hydrogen) atoms. The van der Waals surface area contributed by atoms with E-state index in [9.17, 15) is 0 Å². The van der Waals surface area contributed by atoms with Crippen LogP contribution in [-0.2, 0) is 0 Å². The van der Waals surface area contributed by atoms with E-state index in [0.717, 1.165) is 16.7 Å². The number of fused-ring (bicyclic) bond motifs is 5. The molecule has 10 aromatic rings. The number of hydrogen-bond acceptors (Lipinski definition) is 4. The lowest BCUT2D eigenvalue weighted by molar-refractivity contribution is 1.08. The zero-order valence-electron chi connectivity index (χ0n) is 27.5. The van der Waals surface area contributed by atoms with Crippen LogP contribution in [0, 0.1) is 0 Å². The van der Waals surface area contributed by atoms with E-state index in [0.29, 0.717) is 17.5 Å². The summed E-state index contributed by atoms with van der Waals surface area (Å²) in [4.78, 5) is 15.3. The second-order valence-corrected chi connectivity index (χ2v) is 13.9. The summed E-state index contributed by atoms with van der Waals surface area (Å²) in [6.07, 6.45) is 0. The van der Waals surface area contributed by atoms with Crippen LogP contribution in [0.1, 0.15) is 0 Å². The van der Waals surface area contributed by atoms with Gasteiger partial charge in [0.25, 0.3) is 0 Å². The molecule has 0 saturated carbocycles. The number of aromatic nitrogens is 3. The van der Waals surface area contributed by atoms with Crippen LogP contribution in [0.4, 0.5) is 0 Å². The first-order valence-electron chi connectivity index (χ1n) is 17.1. The predicted octanol–water partition coefficient (Wildman–Crippen LogP) is 12.9. The van der Waals surface area contributed by atoms with E-state index in [-0.39, 0.29) is 0 Å². The van der Waals surface area contributed by atoms with Gasteiger partial charge in [-0.3, -0.25) is 0 Å². The third-order valence-electron chi connectivity index (χ3n) is 9.72. The van der Waals surface area contributed by atoms with Gasteiger partial charge in [0.2, 0.25) is 0 Å². The van der Waals surface area contributed by atoms with Crippen LogP contribution in [0.2, 0.25) is 0 Å². The van der Waals surface area contributed by atoms with E-state index >= 15 is 0 Å². The molecule has 238 valence electrons. The lowest BCUT2D eigenvalue weighted by Crippen LogP contribution is -2.00. The lowest BCUT2D eigenvalue weighted by Gasteiger charge is -2.12. The Morgan fingerprint density at radius 1 is 0.333 bits per heavy atom. The number of benzene rings is 8. The van der Waals surface area contributed by atoms with Crippen molar-refractivity contribution in [3.8, 4) is 56.4 Å². The predicted molar refractivity (Wildman–Crippen MR) is 215 cm³/mol. The molecule has 2 heterocycles. The van der Waals surface area contributed by atoms with Crippen molar-refractivity contribution in [3.05, 3.63) is 176 Å².